The molecule has 3 aromatic rings. The lowest BCUT2D eigenvalue weighted by atomic mass is 10.1. The molecule has 0 atom stereocenters. The maximum atomic E-state index is 13.5. The zero-order valence-electron chi connectivity index (χ0n) is 18.0. The van der Waals surface area contributed by atoms with E-state index in [1.807, 2.05) is 6.07 Å². The third-order valence-electron chi connectivity index (χ3n) is 6.00. The number of ether oxygens (including phenoxy) is 1. The quantitative estimate of drug-likeness (QED) is 0.636. The van der Waals surface area contributed by atoms with Gasteiger partial charge in [-0.3, -0.25) is 9.80 Å². The number of benzene rings is 2. The summed E-state index contributed by atoms with van der Waals surface area (Å²) in [5, 5.41) is 7.56. The molecule has 0 amide bonds. The Hall–Kier alpha value is -2.88. The highest BCUT2D eigenvalue weighted by Gasteiger charge is 2.28. The first-order chi connectivity index (χ1) is 15.5. The summed E-state index contributed by atoms with van der Waals surface area (Å²) in [5.41, 5.74) is 3.68. The van der Waals surface area contributed by atoms with Crippen LogP contribution in [0.1, 0.15) is 11.1 Å². The van der Waals surface area contributed by atoms with E-state index in [9.17, 15) is 8.78 Å². The number of piperazine rings is 1. The Bertz CT molecular complexity index is 1090. The molecule has 0 saturated carbocycles. The van der Waals surface area contributed by atoms with Gasteiger partial charge in [0.25, 0.3) is 0 Å². The standard InChI is InChI=1S/C23H26F2N6O/c1-16-8-17(12-29-4-6-30(7-5-29)20-13-32-14-20)10-18(9-16)27-23-26-15-31(28-23)19-2-3-21(24)22(25)11-19/h2-3,8-11,15,20H,4-7,12-14H2,1H3,(H,27,28). The molecule has 0 bridgehead atoms. The molecule has 7 nitrogen and oxygen atoms in total. The fraction of sp³-hybridized carbons (Fsp3) is 0.391. The summed E-state index contributed by atoms with van der Waals surface area (Å²) in [4.78, 5) is 9.25. The van der Waals surface area contributed by atoms with Gasteiger partial charge in [-0.2, -0.15) is 4.98 Å². The van der Waals surface area contributed by atoms with Crippen molar-refractivity contribution in [2.75, 3.05) is 44.7 Å². The second-order valence-corrected chi connectivity index (χ2v) is 8.45. The van der Waals surface area contributed by atoms with Crippen LogP contribution in [0.15, 0.2) is 42.7 Å². The summed E-state index contributed by atoms with van der Waals surface area (Å²) in [6, 6.07) is 10.6. The number of hydrogen-bond acceptors (Lipinski definition) is 6. The van der Waals surface area contributed by atoms with Gasteiger partial charge in [0.1, 0.15) is 6.33 Å². The summed E-state index contributed by atoms with van der Waals surface area (Å²) < 4.78 is 33.4. The second-order valence-electron chi connectivity index (χ2n) is 8.45. The molecule has 0 aliphatic carbocycles. The number of hydrogen-bond donors (Lipinski definition) is 1. The van der Waals surface area contributed by atoms with Gasteiger partial charge in [0.15, 0.2) is 11.6 Å². The first-order valence-electron chi connectivity index (χ1n) is 10.8. The van der Waals surface area contributed by atoms with Crippen molar-refractivity contribution in [1.29, 1.82) is 0 Å². The lowest BCUT2D eigenvalue weighted by Gasteiger charge is -2.42. The van der Waals surface area contributed by atoms with Crippen molar-refractivity contribution >= 4 is 11.6 Å². The van der Waals surface area contributed by atoms with Crippen LogP contribution in [0.2, 0.25) is 0 Å². The van der Waals surface area contributed by atoms with Crippen LogP contribution in [0.5, 0.6) is 0 Å². The molecule has 0 radical (unpaired) electrons. The van der Waals surface area contributed by atoms with Crippen molar-refractivity contribution in [1.82, 2.24) is 24.6 Å². The summed E-state index contributed by atoms with van der Waals surface area (Å²) >= 11 is 0. The van der Waals surface area contributed by atoms with Crippen molar-refractivity contribution < 1.29 is 13.5 Å². The van der Waals surface area contributed by atoms with Gasteiger partial charge in [-0.15, -0.1) is 5.10 Å². The smallest absolute Gasteiger partial charge is 0.246 e. The molecule has 1 N–H and O–H groups in total. The van der Waals surface area contributed by atoms with Crippen LogP contribution >= 0.6 is 0 Å². The maximum absolute atomic E-state index is 13.5. The predicted octanol–water partition coefficient (Wildman–Crippen LogP) is 3.11. The number of nitrogens with zero attached hydrogens (tertiary/aromatic N) is 5. The van der Waals surface area contributed by atoms with E-state index < -0.39 is 11.6 Å². The highest BCUT2D eigenvalue weighted by Crippen LogP contribution is 2.21. The third-order valence-corrected chi connectivity index (χ3v) is 6.00. The van der Waals surface area contributed by atoms with Gasteiger partial charge < -0.3 is 10.1 Å². The Balaban J connectivity index is 1.23. The van der Waals surface area contributed by atoms with Crippen molar-refractivity contribution in [2.24, 2.45) is 0 Å². The van der Waals surface area contributed by atoms with Crippen LogP contribution < -0.4 is 5.32 Å². The Labute approximate surface area is 185 Å². The SMILES string of the molecule is Cc1cc(CN2CCN(C3COC3)CC2)cc(Nc2ncn(-c3ccc(F)c(F)c3)n2)c1. The zero-order valence-corrected chi connectivity index (χ0v) is 18.0. The summed E-state index contributed by atoms with van der Waals surface area (Å²) in [5.74, 6) is -1.42. The van der Waals surface area contributed by atoms with Crippen molar-refractivity contribution in [3.8, 4) is 5.69 Å². The summed E-state index contributed by atoms with van der Waals surface area (Å²) in [6.45, 7) is 8.95. The van der Waals surface area contributed by atoms with Crippen molar-refractivity contribution in [2.45, 2.75) is 19.5 Å². The van der Waals surface area contributed by atoms with Gasteiger partial charge in [0.05, 0.1) is 24.9 Å². The summed E-state index contributed by atoms with van der Waals surface area (Å²) in [6.07, 6.45) is 1.47. The van der Waals surface area contributed by atoms with Gasteiger partial charge in [0.2, 0.25) is 5.95 Å². The van der Waals surface area contributed by atoms with E-state index in [-0.39, 0.29) is 0 Å². The molecular formula is C23H26F2N6O. The minimum absolute atomic E-state index is 0.391. The molecule has 32 heavy (non-hydrogen) atoms. The maximum Gasteiger partial charge on any atom is 0.246 e. The molecule has 2 aromatic carbocycles. The number of anilines is 2. The molecule has 2 aliphatic heterocycles. The van der Waals surface area contributed by atoms with Crippen LogP contribution in [0, 0.1) is 18.6 Å². The van der Waals surface area contributed by atoms with Gasteiger partial charge in [-0.05, 0) is 42.3 Å². The van der Waals surface area contributed by atoms with Crippen LogP contribution in [-0.2, 0) is 11.3 Å². The van der Waals surface area contributed by atoms with Gasteiger partial charge in [-0.25, -0.2) is 13.5 Å². The predicted molar refractivity (Wildman–Crippen MR) is 117 cm³/mol. The topological polar surface area (TPSA) is 58.5 Å². The Kier molecular flexibility index (Phi) is 5.86. The number of rotatable bonds is 6. The van der Waals surface area contributed by atoms with E-state index in [1.165, 1.54) is 22.6 Å². The first kappa shape index (κ1) is 21.0. The Morgan fingerprint density at radius 3 is 2.56 bits per heavy atom. The molecule has 2 saturated heterocycles. The normalized spacial score (nSPS) is 18.0. The molecule has 2 aliphatic rings. The number of aromatic nitrogens is 3. The minimum Gasteiger partial charge on any atom is -0.378 e. The van der Waals surface area contributed by atoms with E-state index in [0.717, 1.165) is 69.3 Å². The third kappa shape index (κ3) is 4.64. The molecule has 2 fully saturated rings. The van der Waals surface area contributed by atoms with Crippen LogP contribution in [0.4, 0.5) is 20.4 Å². The fourth-order valence-corrected chi connectivity index (χ4v) is 4.21. The molecule has 0 unspecified atom stereocenters. The average Bonchev–Trinajstić information content (AvgIpc) is 3.18. The van der Waals surface area contributed by atoms with Crippen molar-refractivity contribution in [3.63, 3.8) is 0 Å². The first-order valence-corrected chi connectivity index (χ1v) is 10.8. The number of aryl methyl sites for hydroxylation is 1. The van der Waals surface area contributed by atoms with Crippen LogP contribution in [0.25, 0.3) is 5.69 Å². The van der Waals surface area contributed by atoms with Crippen molar-refractivity contribution in [3.05, 3.63) is 65.5 Å². The van der Waals surface area contributed by atoms with Crippen LogP contribution in [0.3, 0.4) is 0 Å². The fourth-order valence-electron chi connectivity index (χ4n) is 4.21. The zero-order chi connectivity index (χ0) is 22.1. The molecule has 0 spiro atoms. The monoisotopic (exact) mass is 440 g/mol. The number of nitrogens with one attached hydrogen (secondary N) is 1. The molecule has 9 heteroatoms. The number of halogens is 2. The lowest BCUT2D eigenvalue weighted by molar-refractivity contribution is -0.0774. The summed E-state index contributed by atoms with van der Waals surface area (Å²) in [7, 11) is 0. The lowest BCUT2D eigenvalue weighted by Crippen LogP contribution is -2.56. The van der Waals surface area contributed by atoms with E-state index in [0.29, 0.717) is 17.7 Å². The average molecular weight is 440 g/mol. The van der Waals surface area contributed by atoms with Gasteiger partial charge in [-0.1, -0.05) is 6.07 Å². The molecule has 3 heterocycles. The van der Waals surface area contributed by atoms with Gasteiger partial charge in [0, 0.05) is 44.5 Å². The van der Waals surface area contributed by atoms with E-state index >= 15 is 0 Å². The molecule has 1 aromatic heterocycles. The largest absolute Gasteiger partial charge is 0.378 e. The molecular weight excluding hydrogens is 414 g/mol. The van der Waals surface area contributed by atoms with Gasteiger partial charge >= 0.3 is 0 Å². The highest BCUT2D eigenvalue weighted by molar-refractivity contribution is 5.56. The molecule has 5 rings (SSSR count). The van der Waals surface area contributed by atoms with E-state index in [1.54, 1.807) is 0 Å². The Morgan fingerprint density at radius 1 is 1.03 bits per heavy atom. The van der Waals surface area contributed by atoms with E-state index in [4.69, 9.17) is 4.74 Å². The minimum atomic E-state index is -0.919. The molecule has 168 valence electrons. The Morgan fingerprint density at radius 2 is 1.84 bits per heavy atom. The highest BCUT2D eigenvalue weighted by atomic mass is 19.2. The second kappa shape index (κ2) is 8.93. The van der Waals surface area contributed by atoms with E-state index in [2.05, 4.69) is 44.3 Å². The van der Waals surface area contributed by atoms with Crippen LogP contribution in [-0.4, -0.2) is 70.0 Å².